The van der Waals surface area contributed by atoms with Crippen LogP contribution in [-0.4, -0.2) is 47.9 Å². The Bertz CT molecular complexity index is 1170. The van der Waals surface area contributed by atoms with Crippen LogP contribution in [0.2, 0.25) is 0 Å². The lowest BCUT2D eigenvalue weighted by molar-refractivity contribution is -0.137. The number of alkyl halides is 3. The Hall–Kier alpha value is -3.88. The molecule has 1 N–H and O–H groups in total. The van der Waals surface area contributed by atoms with Gasteiger partial charge in [0.1, 0.15) is 5.82 Å². The number of anilines is 2. The number of hydrogen-bond donors (Lipinski definition) is 1. The molecule has 1 aromatic heterocycles. The minimum Gasteiger partial charge on any atom is -0.353 e. The van der Waals surface area contributed by atoms with Gasteiger partial charge in [-0.05, 0) is 48.9 Å². The summed E-state index contributed by atoms with van der Waals surface area (Å²) >= 11 is 0. The molecule has 0 radical (unpaired) electrons. The van der Waals surface area contributed by atoms with Crippen molar-refractivity contribution in [1.82, 2.24) is 9.88 Å². The Morgan fingerprint density at radius 3 is 2.24 bits per heavy atom. The monoisotopic (exact) mass is 468 g/mol. The maximum absolute atomic E-state index is 13.1. The SMILES string of the molecule is Cc1ccc(C(=O)N2CCN(c3ccc(C(F)(F)F)cn3)CC2)cc1NC(=O)c1ccccc1. The Balaban J connectivity index is 1.40. The van der Waals surface area contributed by atoms with E-state index in [9.17, 15) is 22.8 Å². The molecular formula is C25H23F3N4O2. The maximum Gasteiger partial charge on any atom is 0.417 e. The molecule has 1 saturated heterocycles. The van der Waals surface area contributed by atoms with Crippen LogP contribution >= 0.6 is 0 Å². The maximum atomic E-state index is 13.1. The number of benzene rings is 2. The highest BCUT2D eigenvalue weighted by Crippen LogP contribution is 2.29. The third kappa shape index (κ3) is 5.19. The van der Waals surface area contributed by atoms with Gasteiger partial charge in [0.15, 0.2) is 0 Å². The third-order valence-corrected chi connectivity index (χ3v) is 5.73. The van der Waals surface area contributed by atoms with E-state index in [1.807, 2.05) is 17.9 Å². The molecule has 1 fully saturated rings. The van der Waals surface area contributed by atoms with Crippen molar-refractivity contribution in [3.8, 4) is 0 Å². The molecule has 9 heteroatoms. The molecule has 0 aliphatic carbocycles. The first-order chi connectivity index (χ1) is 16.2. The molecule has 2 heterocycles. The molecule has 2 amide bonds. The third-order valence-electron chi connectivity index (χ3n) is 5.73. The van der Waals surface area contributed by atoms with Crippen LogP contribution in [0.3, 0.4) is 0 Å². The van der Waals surface area contributed by atoms with Crippen molar-refractivity contribution in [2.75, 3.05) is 36.4 Å². The molecule has 176 valence electrons. The predicted octanol–water partition coefficient (Wildman–Crippen LogP) is 4.62. The Morgan fingerprint density at radius 2 is 1.62 bits per heavy atom. The average molecular weight is 468 g/mol. The van der Waals surface area contributed by atoms with E-state index < -0.39 is 11.7 Å². The fraction of sp³-hybridized carbons (Fsp3) is 0.240. The number of amides is 2. The first-order valence-corrected chi connectivity index (χ1v) is 10.8. The van der Waals surface area contributed by atoms with Gasteiger partial charge in [0, 0.05) is 49.2 Å². The van der Waals surface area contributed by atoms with Crippen molar-refractivity contribution in [3.05, 3.63) is 89.1 Å². The smallest absolute Gasteiger partial charge is 0.353 e. The van der Waals surface area contributed by atoms with E-state index in [0.717, 1.165) is 17.8 Å². The van der Waals surface area contributed by atoms with E-state index in [-0.39, 0.29) is 11.8 Å². The number of rotatable bonds is 4. The standard InChI is InChI=1S/C25H23F3N4O2/c1-17-7-8-19(15-21(17)30-23(33)18-5-3-2-4-6-18)24(34)32-13-11-31(12-14-32)22-10-9-20(16-29-22)25(26,27)28/h2-10,15-16H,11-14H2,1H3,(H,30,33). The van der Waals surface area contributed by atoms with Gasteiger partial charge in [0.05, 0.1) is 5.56 Å². The van der Waals surface area contributed by atoms with Crippen LogP contribution in [0.25, 0.3) is 0 Å². The molecule has 3 aromatic rings. The minimum atomic E-state index is -4.43. The molecule has 6 nitrogen and oxygen atoms in total. The fourth-order valence-electron chi connectivity index (χ4n) is 3.74. The number of pyridine rings is 1. The lowest BCUT2D eigenvalue weighted by atomic mass is 10.1. The van der Waals surface area contributed by atoms with Crippen molar-refractivity contribution in [2.45, 2.75) is 13.1 Å². The van der Waals surface area contributed by atoms with E-state index in [1.165, 1.54) is 6.07 Å². The van der Waals surface area contributed by atoms with Gasteiger partial charge in [0.25, 0.3) is 11.8 Å². The number of halogens is 3. The second-order valence-corrected chi connectivity index (χ2v) is 8.03. The summed E-state index contributed by atoms with van der Waals surface area (Å²) in [6, 6.07) is 16.4. The highest BCUT2D eigenvalue weighted by Gasteiger charge is 2.31. The zero-order valence-corrected chi connectivity index (χ0v) is 18.5. The number of aromatic nitrogens is 1. The quantitative estimate of drug-likeness (QED) is 0.607. The molecule has 0 bridgehead atoms. The Labute approximate surface area is 195 Å². The molecule has 1 aliphatic heterocycles. The second kappa shape index (κ2) is 9.54. The molecule has 2 aromatic carbocycles. The highest BCUT2D eigenvalue weighted by atomic mass is 19.4. The van der Waals surface area contributed by atoms with E-state index in [0.29, 0.717) is 48.8 Å². The number of nitrogens with zero attached hydrogens (tertiary/aromatic N) is 3. The average Bonchev–Trinajstić information content (AvgIpc) is 2.85. The first-order valence-electron chi connectivity index (χ1n) is 10.8. The molecule has 1 aliphatic rings. The van der Waals surface area contributed by atoms with Crippen LogP contribution in [0.15, 0.2) is 66.9 Å². The number of nitrogens with one attached hydrogen (secondary N) is 1. The largest absolute Gasteiger partial charge is 0.417 e. The van der Waals surface area contributed by atoms with Crippen LogP contribution in [0.4, 0.5) is 24.7 Å². The number of piperazine rings is 1. The van der Waals surface area contributed by atoms with Gasteiger partial charge in [-0.25, -0.2) is 4.98 Å². The zero-order chi connectivity index (χ0) is 24.3. The van der Waals surface area contributed by atoms with E-state index >= 15 is 0 Å². The van der Waals surface area contributed by atoms with Crippen LogP contribution in [-0.2, 0) is 6.18 Å². The van der Waals surface area contributed by atoms with Crippen LogP contribution in [0, 0.1) is 6.92 Å². The molecule has 0 spiro atoms. The number of carbonyl (C=O) groups is 2. The van der Waals surface area contributed by atoms with Crippen LogP contribution < -0.4 is 10.2 Å². The van der Waals surface area contributed by atoms with Crippen LogP contribution in [0.5, 0.6) is 0 Å². The first kappa shape index (κ1) is 23.3. The topological polar surface area (TPSA) is 65.5 Å². The van der Waals surface area contributed by atoms with Gasteiger partial charge < -0.3 is 15.1 Å². The van der Waals surface area contributed by atoms with Crippen molar-refractivity contribution >= 4 is 23.3 Å². The van der Waals surface area contributed by atoms with Gasteiger partial charge in [-0.15, -0.1) is 0 Å². The predicted molar refractivity (Wildman–Crippen MR) is 123 cm³/mol. The summed E-state index contributed by atoms with van der Waals surface area (Å²) in [6.07, 6.45) is -3.60. The Morgan fingerprint density at radius 1 is 0.912 bits per heavy atom. The molecule has 34 heavy (non-hydrogen) atoms. The van der Waals surface area contributed by atoms with Gasteiger partial charge in [-0.1, -0.05) is 24.3 Å². The van der Waals surface area contributed by atoms with Crippen molar-refractivity contribution in [3.63, 3.8) is 0 Å². The van der Waals surface area contributed by atoms with Gasteiger partial charge in [-0.3, -0.25) is 9.59 Å². The van der Waals surface area contributed by atoms with Gasteiger partial charge in [-0.2, -0.15) is 13.2 Å². The summed E-state index contributed by atoms with van der Waals surface area (Å²) in [4.78, 5) is 33.1. The summed E-state index contributed by atoms with van der Waals surface area (Å²) < 4.78 is 38.3. The number of carbonyl (C=O) groups excluding carboxylic acids is 2. The molecule has 4 rings (SSSR count). The molecular weight excluding hydrogens is 445 g/mol. The van der Waals surface area contributed by atoms with Gasteiger partial charge in [0.2, 0.25) is 0 Å². The van der Waals surface area contributed by atoms with E-state index in [2.05, 4.69) is 10.3 Å². The van der Waals surface area contributed by atoms with Gasteiger partial charge >= 0.3 is 6.18 Å². The highest BCUT2D eigenvalue weighted by molar-refractivity contribution is 6.05. The number of aryl methyl sites for hydroxylation is 1. The molecule has 0 unspecified atom stereocenters. The lowest BCUT2D eigenvalue weighted by Gasteiger charge is -2.35. The second-order valence-electron chi connectivity index (χ2n) is 8.03. The van der Waals surface area contributed by atoms with Crippen molar-refractivity contribution in [1.29, 1.82) is 0 Å². The summed E-state index contributed by atoms with van der Waals surface area (Å²) in [6.45, 7) is 3.56. The number of hydrogen-bond acceptors (Lipinski definition) is 4. The summed E-state index contributed by atoms with van der Waals surface area (Å²) in [5, 5.41) is 2.86. The Kier molecular flexibility index (Phi) is 6.54. The molecule has 0 atom stereocenters. The normalized spacial score (nSPS) is 14.1. The molecule has 0 saturated carbocycles. The van der Waals surface area contributed by atoms with E-state index in [4.69, 9.17) is 0 Å². The minimum absolute atomic E-state index is 0.171. The van der Waals surface area contributed by atoms with Crippen LogP contribution in [0.1, 0.15) is 31.8 Å². The van der Waals surface area contributed by atoms with Crippen molar-refractivity contribution in [2.24, 2.45) is 0 Å². The fourth-order valence-corrected chi connectivity index (χ4v) is 3.74. The summed E-state index contributed by atoms with van der Waals surface area (Å²) in [5.74, 6) is 0.0162. The summed E-state index contributed by atoms with van der Waals surface area (Å²) in [5.41, 5.74) is 1.58. The lowest BCUT2D eigenvalue weighted by Crippen LogP contribution is -2.49. The van der Waals surface area contributed by atoms with Crippen molar-refractivity contribution < 1.29 is 22.8 Å². The zero-order valence-electron chi connectivity index (χ0n) is 18.5. The summed E-state index contributed by atoms with van der Waals surface area (Å²) in [7, 11) is 0. The van der Waals surface area contributed by atoms with E-state index in [1.54, 1.807) is 47.4 Å².